The van der Waals surface area contributed by atoms with Gasteiger partial charge in [-0.1, -0.05) is 24.3 Å². The van der Waals surface area contributed by atoms with Gasteiger partial charge in [-0.2, -0.15) is 13.2 Å². The number of halogens is 4. The highest BCUT2D eigenvalue weighted by atomic mass is 79.9. The van der Waals surface area contributed by atoms with Crippen LogP contribution in [-0.2, 0) is 6.18 Å². The van der Waals surface area contributed by atoms with Gasteiger partial charge in [0.25, 0.3) is 5.56 Å². The molecule has 0 aliphatic carbocycles. The van der Waals surface area contributed by atoms with E-state index in [1.165, 1.54) is 12.1 Å². The molecule has 0 saturated carbocycles. The van der Waals surface area contributed by atoms with Gasteiger partial charge in [-0.15, -0.1) is 0 Å². The number of hydrogen-bond acceptors (Lipinski definition) is 2. The number of alkyl halides is 3. The largest absolute Gasteiger partial charge is 0.417 e. The summed E-state index contributed by atoms with van der Waals surface area (Å²) in [6.07, 6.45) is -4.49. The fourth-order valence-corrected chi connectivity index (χ4v) is 2.82. The molecule has 1 N–H and O–H groups in total. The summed E-state index contributed by atoms with van der Waals surface area (Å²) in [5, 5.41) is 0.384. The second kappa shape index (κ2) is 5.24. The van der Waals surface area contributed by atoms with Crippen LogP contribution in [0.3, 0.4) is 0 Å². The molecule has 1 aromatic heterocycles. The van der Waals surface area contributed by atoms with Crippen molar-refractivity contribution >= 4 is 26.8 Å². The van der Waals surface area contributed by atoms with Gasteiger partial charge in [0.1, 0.15) is 5.82 Å². The monoisotopic (exact) mass is 368 g/mol. The van der Waals surface area contributed by atoms with Gasteiger partial charge in [0.15, 0.2) is 0 Å². The summed E-state index contributed by atoms with van der Waals surface area (Å²) >= 11 is 2.96. The summed E-state index contributed by atoms with van der Waals surface area (Å²) in [7, 11) is 0. The fourth-order valence-electron chi connectivity index (χ4n) is 2.15. The van der Waals surface area contributed by atoms with Crippen LogP contribution in [0.25, 0.3) is 22.3 Å². The summed E-state index contributed by atoms with van der Waals surface area (Å²) in [4.78, 5) is 18.8. The minimum Gasteiger partial charge on any atom is -0.306 e. The van der Waals surface area contributed by atoms with E-state index < -0.39 is 17.3 Å². The standard InChI is InChI=1S/C15H8BrF3N2O/c16-12-9(5-3-6-10(12)15(17,18)19)13-20-11-7-2-1-4-8(11)14(22)21-13/h1-7H,(H,20,21,22). The lowest BCUT2D eigenvalue weighted by Crippen LogP contribution is -2.11. The number of aromatic amines is 1. The summed E-state index contributed by atoms with van der Waals surface area (Å²) in [6.45, 7) is 0. The normalized spacial score (nSPS) is 11.8. The fraction of sp³-hybridized carbons (Fsp3) is 0.0667. The summed E-state index contributed by atoms with van der Waals surface area (Å²) in [5.41, 5.74) is -0.617. The van der Waals surface area contributed by atoms with Crippen molar-refractivity contribution in [2.24, 2.45) is 0 Å². The molecular formula is C15H8BrF3N2O. The van der Waals surface area contributed by atoms with Gasteiger partial charge in [0.05, 0.1) is 16.5 Å². The number of rotatable bonds is 1. The zero-order chi connectivity index (χ0) is 15.9. The molecule has 1 heterocycles. The first-order valence-corrected chi connectivity index (χ1v) is 7.02. The van der Waals surface area contributed by atoms with Gasteiger partial charge in [-0.3, -0.25) is 4.79 Å². The number of benzene rings is 2. The Labute approximate surface area is 131 Å². The van der Waals surface area contributed by atoms with Crippen LogP contribution < -0.4 is 5.56 Å². The average molecular weight is 369 g/mol. The highest BCUT2D eigenvalue weighted by Gasteiger charge is 2.34. The quantitative estimate of drug-likeness (QED) is 0.693. The molecule has 22 heavy (non-hydrogen) atoms. The molecule has 3 aromatic rings. The van der Waals surface area contributed by atoms with Crippen LogP contribution >= 0.6 is 15.9 Å². The predicted molar refractivity (Wildman–Crippen MR) is 80.5 cm³/mol. The van der Waals surface area contributed by atoms with Crippen LogP contribution in [0.4, 0.5) is 13.2 Å². The van der Waals surface area contributed by atoms with Crippen molar-refractivity contribution in [2.75, 3.05) is 0 Å². The third-order valence-corrected chi connectivity index (χ3v) is 4.03. The lowest BCUT2D eigenvalue weighted by molar-refractivity contribution is -0.138. The van der Waals surface area contributed by atoms with E-state index in [-0.39, 0.29) is 15.9 Å². The summed E-state index contributed by atoms with van der Waals surface area (Å²) < 4.78 is 38.7. The predicted octanol–water partition coefficient (Wildman–Crippen LogP) is 4.37. The van der Waals surface area contributed by atoms with Gasteiger partial charge in [-0.25, -0.2) is 4.98 Å². The molecule has 0 spiro atoms. The van der Waals surface area contributed by atoms with E-state index in [1.807, 2.05) is 0 Å². The SMILES string of the molecule is O=c1[nH]c(-c2cccc(C(F)(F)F)c2Br)nc2ccccc12. The number of hydrogen-bond donors (Lipinski definition) is 1. The van der Waals surface area contributed by atoms with E-state index in [1.54, 1.807) is 24.3 Å². The van der Waals surface area contributed by atoms with Gasteiger partial charge >= 0.3 is 6.18 Å². The summed E-state index contributed by atoms with van der Waals surface area (Å²) in [5.74, 6) is 0.0849. The number of nitrogens with one attached hydrogen (secondary N) is 1. The molecule has 7 heteroatoms. The first kappa shape index (κ1) is 14.8. The minimum absolute atomic E-state index is 0.0849. The average Bonchev–Trinajstić information content (AvgIpc) is 2.46. The Hall–Kier alpha value is -2.15. The second-order valence-electron chi connectivity index (χ2n) is 4.60. The number of fused-ring (bicyclic) bond motifs is 1. The number of para-hydroxylation sites is 1. The Balaban J connectivity index is 2.27. The van der Waals surface area contributed by atoms with E-state index in [4.69, 9.17) is 0 Å². The molecule has 0 atom stereocenters. The van der Waals surface area contributed by atoms with Crippen molar-refractivity contribution < 1.29 is 13.2 Å². The molecule has 112 valence electrons. The Bertz CT molecular complexity index is 919. The van der Waals surface area contributed by atoms with Gasteiger partial charge in [-0.05, 0) is 34.1 Å². The molecule has 0 radical (unpaired) electrons. The maximum atomic E-state index is 13.0. The molecule has 3 rings (SSSR count). The first-order chi connectivity index (χ1) is 10.4. The second-order valence-corrected chi connectivity index (χ2v) is 5.39. The van der Waals surface area contributed by atoms with Crippen LogP contribution in [0.2, 0.25) is 0 Å². The molecule has 2 aromatic carbocycles. The number of H-pyrrole nitrogens is 1. The third-order valence-electron chi connectivity index (χ3n) is 3.17. The lowest BCUT2D eigenvalue weighted by atomic mass is 10.1. The maximum absolute atomic E-state index is 13.0. The zero-order valence-electron chi connectivity index (χ0n) is 10.9. The molecule has 3 nitrogen and oxygen atoms in total. The van der Waals surface area contributed by atoms with E-state index in [9.17, 15) is 18.0 Å². The van der Waals surface area contributed by atoms with E-state index >= 15 is 0 Å². The highest BCUT2D eigenvalue weighted by molar-refractivity contribution is 9.10. The van der Waals surface area contributed by atoms with Crippen molar-refractivity contribution in [1.82, 2.24) is 9.97 Å². The maximum Gasteiger partial charge on any atom is 0.417 e. The smallest absolute Gasteiger partial charge is 0.306 e. The topological polar surface area (TPSA) is 45.8 Å². The molecule has 0 bridgehead atoms. The Morgan fingerprint density at radius 1 is 1.05 bits per heavy atom. The lowest BCUT2D eigenvalue weighted by Gasteiger charge is -2.12. The van der Waals surface area contributed by atoms with Gasteiger partial charge in [0, 0.05) is 10.0 Å². The van der Waals surface area contributed by atoms with Crippen LogP contribution in [0.15, 0.2) is 51.7 Å². The zero-order valence-corrected chi connectivity index (χ0v) is 12.5. The first-order valence-electron chi connectivity index (χ1n) is 6.23. The van der Waals surface area contributed by atoms with Crippen LogP contribution in [0.5, 0.6) is 0 Å². The molecule has 0 unspecified atom stereocenters. The molecule has 0 fully saturated rings. The van der Waals surface area contributed by atoms with Crippen LogP contribution in [-0.4, -0.2) is 9.97 Å². The molecule has 0 amide bonds. The van der Waals surface area contributed by atoms with Gasteiger partial charge < -0.3 is 4.98 Å². The van der Waals surface area contributed by atoms with E-state index in [0.717, 1.165) is 6.07 Å². The van der Waals surface area contributed by atoms with Crippen molar-refractivity contribution in [2.45, 2.75) is 6.18 Å². The van der Waals surface area contributed by atoms with Crippen LogP contribution in [0.1, 0.15) is 5.56 Å². The van der Waals surface area contributed by atoms with E-state index in [2.05, 4.69) is 25.9 Å². The van der Waals surface area contributed by atoms with Crippen molar-refractivity contribution in [3.63, 3.8) is 0 Å². The van der Waals surface area contributed by atoms with E-state index in [0.29, 0.717) is 10.9 Å². The molecule has 0 aliphatic heterocycles. The molecular weight excluding hydrogens is 361 g/mol. The molecule has 0 saturated heterocycles. The van der Waals surface area contributed by atoms with Gasteiger partial charge in [0.2, 0.25) is 0 Å². The number of nitrogens with zero attached hydrogens (tertiary/aromatic N) is 1. The Kier molecular flexibility index (Phi) is 3.52. The number of aromatic nitrogens is 2. The minimum atomic E-state index is -4.49. The molecule has 0 aliphatic rings. The third kappa shape index (κ3) is 2.52. The Morgan fingerprint density at radius 3 is 2.50 bits per heavy atom. The van der Waals surface area contributed by atoms with Crippen molar-refractivity contribution in [3.8, 4) is 11.4 Å². The Morgan fingerprint density at radius 2 is 1.77 bits per heavy atom. The van der Waals surface area contributed by atoms with Crippen molar-refractivity contribution in [3.05, 3.63) is 62.9 Å². The highest BCUT2D eigenvalue weighted by Crippen LogP contribution is 2.39. The van der Waals surface area contributed by atoms with Crippen LogP contribution in [0, 0.1) is 0 Å². The van der Waals surface area contributed by atoms with Crippen molar-refractivity contribution in [1.29, 1.82) is 0 Å². The summed E-state index contributed by atoms with van der Waals surface area (Å²) in [6, 6.07) is 10.3.